The molecular weight excluding hydrogens is 292 g/mol. The number of carbonyl (C=O) groups is 1. The van der Waals surface area contributed by atoms with E-state index < -0.39 is 0 Å². The van der Waals surface area contributed by atoms with Gasteiger partial charge in [0.15, 0.2) is 5.82 Å². The second kappa shape index (κ2) is 6.08. The molecule has 1 aliphatic heterocycles. The Morgan fingerprint density at radius 2 is 1.83 bits per heavy atom. The van der Waals surface area contributed by atoms with Gasteiger partial charge in [0.05, 0.1) is 12.6 Å². The number of aromatic nitrogens is 4. The molecule has 0 radical (unpaired) electrons. The first kappa shape index (κ1) is 14.3. The smallest absolute Gasteiger partial charge is 0.253 e. The van der Waals surface area contributed by atoms with Crippen LogP contribution in [0.3, 0.4) is 0 Å². The van der Waals surface area contributed by atoms with Crippen molar-refractivity contribution in [3.05, 3.63) is 41.7 Å². The fourth-order valence-electron chi connectivity index (χ4n) is 2.99. The molecule has 2 aromatic rings. The minimum absolute atomic E-state index is 0.119. The van der Waals surface area contributed by atoms with Gasteiger partial charge in [0.2, 0.25) is 0 Å². The molecule has 0 spiro atoms. The van der Waals surface area contributed by atoms with Crippen LogP contribution in [-0.2, 0) is 6.54 Å². The summed E-state index contributed by atoms with van der Waals surface area (Å²) in [7, 11) is 0. The largest absolute Gasteiger partial charge is 0.336 e. The predicted molar refractivity (Wildman–Crippen MR) is 83.7 cm³/mol. The van der Waals surface area contributed by atoms with E-state index in [-0.39, 0.29) is 5.91 Å². The minimum Gasteiger partial charge on any atom is -0.336 e. The van der Waals surface area contributed by atoms with Crippen LogP contribution in [0.15, 0.2) is 30.3 Å². The van der Waals surface area contributed by atoms with Crippen LogP contribution in [0.1, 0.15) is 35.1 Å². The van der Waals surface area contributed by atoms with Gasteiger partial charge < -0.3 is 4.90 Å². The molecule has 23 heavy (non-hydrogen) atoms. The van der Waals surface area contributed by atoms with Crippen LogP contribution in [0, 0.1) is 0 Å². The summed E-state index contributed by atoms with van der Waals surface area (Å²) in [6.45, 7) is 3.97. The number of benzene rings is 1. The summed E-state index contributed by atoms with van der Waals surface area (Å²) in [4.78, 5) is 16.7. The Hall–Kier alpha value is -2.28. The molecule has 7 nitrogen and oxygen atoms in total. The van der Waals surface area contributed by atoms with Gasteiger partial charge >= 0.3 is 0 Å². The van der Waals surface area contributed by atoms with Gasteiger partial charge in [-0.05, 0) is 35.4 Å². The zero-order valence-electron chi connectivity index (χ0n) is 13.0. The van der Waals surface area contributed by atoms with Crippen molar-refractivity contribution in [1.29, 1.82) is 0 Å². The molecule has 2 aliphatic rings. The molecule has 4 rings (SSSR count). The minimum atomic E-state index is 0.119. The van der Waals surface area contributed by atoms with Gasteiger partial charge in [0.1, 0.15) is 0 Å². The maximum Gasteiger partial charge on any atom is 0.253 e. The SMILES string of the molecule is O=C(c1ccccc1)N1CCN(Cc2nnnn2C2CC2)CC1. The number of piperazine rings is 1. The van der Waals surface area contributed by atoms with E-state index in [1.165, 1.54) is 12.8 Å². The number of amides is 1. The van der Waals surface area contributed by atoms with E-state index >= 15 is 0 Å². The zero-order valence-corrected chi connectivity index (χ0v) is 13.0. The molecular formula is C16H20N6O. The number of tetrazole rings is 1. The van der Waals surface area contributed by atoms with Crippen molar-refractivity contribution in [2.24, 2.45) is 0 Å². The summed E-state index contributed by atoms with van der Waals surface area (Å²) in [6, 6.07) is 9.99. The highest BCUT2D eigenvalue weighted by Gasteiger charge is 2.29. The number of rotatable bonds is 4. The van der Waals surface area contributed by atoms with E-state index in [4.69, 9.17) is 0 Å². The van der Waals surface area contributed by atoms with Crippen LogP contribution in [-0.4, -0.2) is 62.1 Å². The lowest BCUT2D eigenvalue weighted by Crippen LogP contribution is -2.48. The predicted octanol–water partition coefficient (Wildman–Crippen LogP) is 0.966. The quantitative estimate of drug-likeness (QED) is 0.841. The second-order valence-corrected chi connectivity index (χ2v) is 6.21. The van der Waals surface area contributed by atoms with Gasteiger partial charge in [-0.3, -0.25) is 9.69 Å². The normalized spacial score (nSPS) is 19.0. The molecule has 1 aromatic carbocycles. The first-order chi connectivity index (χ1) is 11.3. The van der Waals surface area contributed by atoms with Crippen LogP contribution >= 0.6 is 0 Å². The lowest BCUT2D eigenvalue weighted by Gasteiger charge is -2.34. The zero-order chi connectivity index (χ0) is 15.6. The van der Waals surface area contributed by atoms with Gasteiger partial charge in [0, 0.05) is 31.7 Å². The van der Waals surface area contributed by atoms with E-state index in [0.717, 1.165) is 44.1 Å². The highest BCUT2D eigenvalue weighted by atomic mass is 16.2. The lowest BCUT2D eigenvalue weighted by atomic mass is 10.2. The van der Waals surface area contributed by atoms with Crippen LogP contribution < -0.4 is 0 Å². The Morgan fingerprint density at radius 3 is 2.52 bits per heavy atom. The summed E-state index contributed by atoms with van der Waals surface area (Å²) in [5.74, 6) is 1.06. The van der Waals surface area contributed by atoms with E-state index in [9.17, 15) is 4.79 Å². The molecule has 1 aliphatic carbocycles. The number of nitrogens with zero attached hydrogens (tertiary/aromatic N) is 6. The fraction of sp³-hybridized carbons (Fsp3) is 0.500. The van der Waals surface area contributed by atoms with E-state index in [1.54, 1.807) is 0 Å². The van der Waals surface area contributed by atoms with Crippen LogP contribution in [0.4, 0.5) is 0 Å². The average molecular weight is 312 g/mol. The van der Waals surface area contributed by atoms with Crippen LogP contribution in [0.25, 0.3) is 0 Å². The lowest BCUT2D eigenvalue weighted by molar-refractivity contribution is 0.0623. The Labute approximate surface area is 134 Å². The first-order valence-corrected chi connectivity index (χ1v) is 8.15. The maximum absolute atomic E-state index is 12.4. The van der Waals surface area contributed by atoms with Gasteiger partial charge in [-0.2, -0.15) is 0 Å². The first-order valence-electron chi connectivity index (χ1n) is 8.15. The Morgan fingerprint density at radius 1 is 1.09 bits per heavy atom. The molecule has 0 bridgehead atoms. The fourth-order valence-corrected chi connectivity index (χ4v) is 2.99. The third-order valence-corrected chi connectivity index (χ3v) is 4.50. The molecule has 7 heteroatoms. The Bertz CT molecular complexity index is 673. The molecule has 1 amide bonds. The van der Waals surface area contributed by atoms with Gasteiger partial charge in [-0.1, -0.05) is 18.2 Å². The maximum atomic E-state index is 12.4. The molecule has 1 saturated carbocycles. The standard InChI is InChI=1S/C16H20N6O/c23-16(13-4-2-1-3-5-13)21-10-8-20(9-11-21)12-15-17-18-19-22(15)14-6-7-14/h1-5,14H,6-12H2. The van der Waals surface area contributed by atoms with E-state index in [1.807, 2.05) is 39.9 Å². The van der Waals surface area contributed by atoms with Crippen molar-refractivity contribution in [1.82, 2.24) is 30.0 Å². The summed E-state index contributed by atoms with van der Waals surface area (Å²) in [6.07, 6.45) is 2.36. The highest BCUT2D eigenvalue weighted by molar-refractivity contribution is 5.94. The van der Waals surface area contributed by atoms with E-state index in [0.29, 0.717) is 6.04 Å². The van der Waals surface area contributed by atoms with Crippen molar-refractivity contribution in [2.75, 3.05) is 26.2 Å². The number of hydrogen-bond donors (Lipinski definition) is 0. The van der Waals surface area contributed by atoms with Crippen molar-refractivity contribution < 1.29 is 4.79 Å². The van der Waals surface area contributed by atoms with Crippen molar-refractivity contribution >= 4 is 5.91 Å². The van der Waals surface area contributed by atoms with Crippen molar-refractivity contribution in [2.45, 2.75) is 25.4 Å². The summed E-state index contributed by atoms with van der Waals surface area (Å²) in [5.41, 5.74) is 0.763. The molecule has 1 aromatic heterocycles. The topological polar surface area (TPSA) is 67.2 Å². The summed E-state index contributed by atoms with van der Waals surface area (Å²) in [5, 5.41) is 12.0. The molecule has 2 fully saturated rings. The number of hydrogen-bond acceptors (Lipinski definition) is 5. The summed E-state index contributed by atoms with van der Waals surface area (Å²) < 4.78 is 1.96. The Balaban J connectivity index is 1.34. The molecule has 0 atom stereocenters. The summed E-state index contributed by atoms with van der Waals surface area (Å²) >= 11 is 0. The highest BCUT2D eigenvalue weighted by Crippen LogP contribution is 2.34. The van der Waals surface area contributed by atoms with Crippen molar-refractivity contribution in [3.8, 4) is 0 Å². The van der Waals surface area contributed by atoms with Crippen LogP contribution in [0.2, 0.25) is 0 Å². The number of carbonyl (C=O) groups excluding carboxylic acids is 1. The van der Waals surface area contributed by atoms with Crippen molar-refractivity contribution in [3.63, 3.8) is 0 Å². The third-order valence-electron chi connectivity index (χ3n) is 4.50. The third kappa shape index (κ3) is 3.10. The monoisotopic (exact) mass is 312 g/mol. The molecule has 0 unspecified atom stereocenters. The van der Waals surface area contributed by atoms with E-state index in [2.05, 4.69) is 20.4 Å². The van der Waals surface area contributed by atoms with Gasteiger partial charge in [0.25, 0.3) is 5.91 Å². The molecule has 1 saturated heterocycles. The second-order valence-electron chi connectivity index (χ2n) is 6.21. The molecule has 2 heterocycles. The van der Waals surface area contributed by atoms with Crippen LogP contribution in [0.5, 0.6) is 0 Å². The van der Waals surface area contributed by atoms with Gasteiger partial charge in [-0.15, -0.1) is 5.10 Å². The van der Waals surface area contributed by atoms with Gasteiger partial charge in [-0.25, -0.2) is 4.68 Å². The molecule has 120 valence electrons. The molecule has 0 N–H and O–H groups in total. The average Bonchev–Trinajstić information content (AvgIpc) is 3.35. The Kier molecular flexibility index (Phi) is 3.78.